The van der Waals surface area contributed by atoms with Gasteiger partial charge in [-0.1, -0.05) is 18.2 Å². The van der Waals surface area contributed by atoms with Crippen LogP contribution >= 0.6 is 11.8 Å². The van der Waals surface area contributed by atoms with E-state index < -0.39 is 0 Å². The molecule has 3 fully saturated rings. The van der Waals surface area contributed by atoms with Crippen molar-refractivity contribution in [2.24, 2.45) is 10.9 Å². The number of amidine groups is 1. The lowest BCUT2D eigenvalue weighted by atomic mass is 9.98. The average Bonchev–Trinajstić information content (AvgIpc) is 3.05. The number of nitrogens with zero attached hydrogens (tertiary/aromatic N) is 2. The van der Waals surface area contributed by atoms with Gasteiger partial charge >= 0.3 is 0 Å². The van der Waals surface area contributed by atoms with Gasteiger partial charge < -0.3 is 10.2 Å². The van der Waals surface area contributed by atoms with Crippen LogP contribution in [0.1, 0.15) is 44.9 Å². The lowest BCUT2D eigenvalue weighted by molar-refractivity contribution is 0.175. The number of piperidine rings is 1. The third-order valence-electron chi connectivity index (χ3n) is 5.48. The van der Waals surface area contributed by atoms with Crippen molar-refractivity contribution in [3.8, 4) is 0 Å². The minimum atomic E-state index is 0.648. The number of hydrogen-bond acceptors (Lipinski definition) is 4. The van der Waals surface area contributed by atoms with Gasteiger partial charge in [0, 0.05) is 24.4 Å². The molecule has 19 heavy (non-hydrogen) atoms. The summed E-state index contributed by atoms with van der Waals surface area (Å²) >= 11 is 1.98. The van der Waals surface area contributed by atoms with Gasteiger partial charge in [-0.05, 0) is 51.0 Å². The summed E-state index contributed by atoms with van der Waals surface area (Å²) in [5.41, 5.74) is 0. The highest BCUT2D eigenvalue weighted by atomic mass is 32.2. The van der Waals surface area contributed by atoms with Crippen molar-refractivity contribution >= 4 is 16.9 Å². The van der Waals surface area contributed by atoms with Crippen LogP contribution in [0.25, 0.3) is 0 Å². The molecule has 4 unspecified atom stereocenters. The maximum atomic E-state index is 4.98. The first-order valence-electron chi connectivity index (χ1n) is 8.10. The van der Waals surface area contributed by atoms with Crippen LogP contribution in [0.3, 0.4) is 0 Å². The third-order valence-corrected chi connectivity index (χ3v) is 6.58. The highest BCUT2D eigenvalue weighted by Crippen LogP contribution is 2.35. The Kier molecular flexibility index (Phi) is 3.48. The van der Waals surface area contributed by atoms with Crippen molar-refractivity contribution in [1.29, 1.82) is 0 Å². The molecular weight excluding hydrogens is 254 g/mol. The van der Waals surface area contributed by atoms with Crippen LogP contribution in [-0.4, -0.2) is 47.0 Å². The molecule has 1 aliphatic carbocycles. The highest BCUT2D eigenvalue weighted by molar-refractivity contribution is 8.13. The first-order chi connectivity index (χ1) is 9.38. The number of hydrogen-bond donors (Lipinski definition) is 1. The summed E-state index contributed by atoms with van der Waals surface area (Å²) in [6, 6.07) is 2.19. The summed E-state index contributed by atoms with van der Waals surface area (Å²) in [4.78, 5) is 7.67. The van der Waals surface area contributed by atoms with E-state index in [-0.39, 0.29) is 0 Å². The normalized spacial score (nSPS) is 42.6. The number of thioether (sulfide) groups is 1. The fourth-order valence-electron chi connectivity index (χ4n) is 4.36. The van der Waals surface area contributed by atoms with Gasteiger partial charge in [0.1, 0.15) is 0 Å². The molecule has 4 aliphatic rings. The highest BCUT2D eigenvalue weighted by Gasteiger charge is 2.34. The van der Waals surface area contributed by atoms with E-state index in [2.05, 4.69) is 10.2 Å². The molecule has 4 atom stereocenters. The zero-order valence-corrected chi connectivity index (χ0v) is 12.5. The van der Waals surface area contributed by atoms with Gasteiger partial charge in [0.15, 0.2) is 5.17 Å². The van der Waals surface area contributed by atoms with Gasteiger partial charge in [-0.2, -0.15) is 0 Å². The Hall–Kier alpha value is -0.220. The third kappa shape index (κ3) is 2.54. The molecule has 4 rings (SSSR count). The minimum Gasteiger partial charge on any atom is -0.362 e. The van der Waals surface area contributed by atoms with Crippen LogP contribution < -0.4 is 5.32 Å². The molecule has 106 valence electrons. The van der Waals surface area contributed by atoms with E-state index in [0.29, 0.717) is 12.1 Å². The molecule has 3 heterocycles. The van der Waals surface area contributed by atoms with Crippen molar-refractivity contribution in [2.45, 2.75) is 63.1 Å². The monoisotopic (exact) mass is 279 g/mol. The van der Waals surface area contributed by atoms with Crippen LogP contribution in [0, 0.1) is 5.92 Å². The van der Waals surface area contributed by atoms with Crippen molar-refractivity contribution in [3.05, 3.63) is 0 Å². The summed E-state index contributed by atoms with van der Waals surface area (Å²) in [6.07, 6.45) is 9.62. The SMILES string of the molecule is C1CC2CSC(NC3CCN4CCCC4C3)=NC2C1. The summed E-state index contributed by atoms with van der Waals surface area (Å²) in [5.74, 6) is 2.19. The lowest BCUT2D eigenvalue weighted by Crippen LogP contribution is -2.47. The molecular formula is C15H25N3S. The van der Waals surface area contributed by atoms with E-state index in [1.807, 2.05) is 11.8 Å². The Morgan fingerprint density at radius 3 is 3.11 bits per heavy atom. The van der Waals surface area contributed by atoms with E-state index in [9.17, 15) is 0 Å². The van der Waals surface area contributed by atoms with Crippen LogP contribution in [-0.2, 0) is 0 Å². The molecule has 0 aromatic carbocycles. The predicted octanol–water partition coefficient (Wildman–Crippen LogP) is 2.47. The van der Waals surface area contributed by atoms with E-state index in [0.717, 1.165) is 12.0 Å². The van der Waals surface area contributed by atoms with Gasteiger partial charge in [-0.25, -0.2) is 0 Å². The van der Waals surface area contributed by atoms with Crippen LogP contribution in [0.15, 0.2) is 4.99 Å². The topological polar surface area (TPSA) is 27.6 Å². The Balaban J connectivity index is 1.36. The number of rotatable bonds is 1. The van der Waals surface area contributed by atoms with Gasteiger partial charge in [0.05, 0.1) is 6.04 Å². The predicted molar refractivity (Wildman–Crippen MR) is 81.8 cm³/mol. The maximum Gasteiger partial charge on any atom is 0.157 e. The molecule has 3 aliphatic heterocycles. The Labute approximate surface area is 120 Å². The second kappa shape index (κ2) is 5.28. The molecule has 0 radical (unpaired) electrons. The Morgan fingerprint density at radius 1 is 1.11 bits per heavy atom. The smallest absolute Gasteiger partial charge is 0.157 e. The van der Waals surface area contributed by atoms with E-state index in [1.54, 1.807) is 0 Å². The molecule has 4 heteroatoms. The van der Waals surface area contributed by atoms with Crippen molar-refractivity contribution in [1.82, 2.24) is 10.2 Å². The second-order valence-electron chi connectivity index (χ2n) is 6.70. The molecule has 0 aromatic heterocycles. The van der Waals surface area contributed by atoms with Gasteiger partial charge in [0.2, 0.25) is 0 Å². The summed E-state index contributed by atoms with van der Waals surface area (Å²) in [5, 5.41) is 5.03. The quantitative estimate of drug-likeness (QED) is 0.799. The van der Waals surface area contributed by atoms with Crippen molar-refractivity contribution in [3.63, 3.8) is 0 Å². The van der Waals surface area contributed by atoms with Crippen LogP contribution in [0.2, 0.25) is 0 Å². The standard InChI is InChI=1S/C15H25N3S/c1-3-11-10-19-15(17-14(11)5-1)16-12-6-8-18-7-2-4-13(18)9-12/h11-14H,1-10H2,(H,16,17). The van der Waals surface area contributed by atoms with Gasteiger partial charge in [0.25, 0.3) is 0 Å². The minimum absolute atomic E-state index is 0.648. The second-order valence-corrected chi connectivity index (χ2v) is 7.71. The summed E-state index contributed by atoms with van der Waals surface area (Å²) in [7, 11) is 0. The molecule has 1 N–H and O–H groups in total. The van der Waals surface area contributed by atoms with Crippen LogP contribution in [0.5, 0.6) is 0 Å². The molecule has 0 aromatic rings. The zero-order valence-electron chi connectivity index (χ0n) is 11.7. The Morgan fingerprint density at radius 2 is 2.11 bits per heavy atom. The van der Waals surface area contributed by atoms with Crippen LogP contribution in [0.4, 0.5) is 0 Å². The van der Waals surface area contributed by atoms with Gasteiger partial charge in [-0.15, -0.1) is 0 Å². The number of aliphatic imine (C=N–C) groups is 1. The first-order valence-corrected chi connectivity index (χ1v) is 9.08. The summed E-state index contributed by atoms with van der Waals surface area (Å²) < 4.78 is 0. The molecule has 3 nitrogen and oxygen atoms in total. The molecule has 1 saturated carbocycles. The van der Waals surface area contributed by atoms with E-state index in [1.165, 1.54) is 69.0 Å². The maximum absolute atomic E-state index is 4.98. The van der Waals surface area contributed by atoms with E-state index in [4.69, 9.17) is 4.99 Å². The molecule has 0 amide bonds. The lowest BCUT2D eigenvalue weighted by Gasteiger charge is -2.36. The molecule has 0 bridgehead atoms. The van der Waals surface area contributed by atoms with Gasteiger partial charge in [-0.3, -0.25) is 4.99 Å². The largest absolute Gasteiger partial charge is 0.362 e. The average molecular weight is 279 g/mol. The fourth-order valence-corrected chi connectivity index (χ4v) is 5.59. The van der Waals surface area contributed by atoms with Crippen molar-refractivity contribution < 1.29 is 0 Å². The number of fused-ring (bicyclic) bond motifs is 2. The fraction of sp³-hybridized carbons (Fsp3) is 0.933. The molecule has 0 spiro atoms. The number of nitrogens with one attached hydrogen (secondary N) is 1. The molecule has 2 saturated heterocycles. The van der Waals surface area contributed by atoms with Crippen molar-refractivity contribution in [2.75, 3.05) is 18.8 Å². The van der Waals surface area contributed by atoms with E-state index >= 15 is 0 Å². The first kappa shape index (κ1) is 12.5. The summed E-state index contributed by atoms with van der Waals surface area (Å²) in [6.45, 7) is 2.64. The Bertz CT molecular complexity index is 370. The zero-order chi connectivity index (χ0) is 12.7.